The molecule has 0 aliphatic heterocycles. The molecule has 9 nitrogen and oxygen atoms in total. The number of nitrogens with zero attached hydrogens (tertiary/aromatic N) is 1. The molecule has 0 bridgehead atoms. The fourth-order valence-corrected chi connectivity index (χ4v) is 4.66. The van der Waals surface area contributed by atoms with Crippen LogP contribution in [0.15, 0.2) is 72.8 Å². The maximum Gasteiger partial charge on any atom is 0.408 e. The van der Waals surface area contributed by atoms with Gasteiger partial charge in [-0.1, -0.05) is 48.9 Å². The summed E-state index contributed by atoms with van der Waals surface area (Å²) in [6.07, 6.45) is -0.0720. The summed E-state index contributed by atoms with van der Waals surface area (Å²) in [5.41, 5.74) is 2.05. The molecule has 3 rings (SSSR count). The molecule has 3 unspecified atom stereocenters. The molecule has 0 aliphatic rings. The van der Waals surface area contributed by atoms with Crippen LogP contribution in [-0.4, -0.2) is 52.7 Å². The Labute approximate surface area is 254 Å². The zero-order valence-electron chi connectivity index (χ0n) is 26.0. The zero-order valence-corrected chi connectivity index (χ0v) is 26.0. The van der Waals surface area contributed by atoms with Gasteiger partial charge in [0.05, 0.1) is 7.11 Å². The van der Waals surface area contributed by atoms with E-state index in [1.165, 1.54) is 12.1 Å². The number of hydrogen-bond acceptors (Lipinski definition) is 6. The molecule has 0 fully saturated rings. The van der Waals surface area contributed by atoms with Crippen molar-refractivity contribution >= 4 is 23.6 Å². The largest absolute Gasteiger partial charge is 0.508 e. The predicted molar refractivity (Wildman–Crippen MR) is 167 cm³/mol. The van der Waals surface area contributed by atoms with Gasteiger partial charge in [0.25, 0.3) is 5.91 Å². The monoisotopic (exact) mass is 589 g/mol. The number of aryl methyl sites for hydroxylation is 1. The van der Waals surface area contributed by atoms with Gasteiger partial charge in [-0.15, -0.1) is 0 Å². The Morgan fingerprint density at radius 3 is 2.19 bits per heavy atom. The molecule has 0 saturated carbocycles. The molecule has 0 heterocycles. The molecule has 0 spiro atoms. The highest BCUT2D eigenvalue weighted by Gasteiger charge is 2.38. The van der Waals surface area contributed by atoms with E-state index in [-0.39, 0.29) is 18.2 Å². The third-order valence-electron chi connectivity index (χ3n) is 6.93. The fourth-order valence-electron chi connectivity index (χ4n) is 4.66. The maximum absolute atomic E-state index is 14.6. The molecular weight excluding hydrogens is 546 g/mol. The summed E-state index contributed by atoms with van der Waals surface area (Å²) in [6.45, 7) is 11.0. The van der Waals surface area contributed by atoms with Crippen molar-refractivity contribution in [3.8, 4) is 11.5 Å². The third kappa shape index (κ3) is 9.49. The lowest BCUT2D eigenvalue weighted by atomic mass is 9.97. The van der Waals surface area contributed by atoms with E-state index in [1.807, 2.05) is 45.0 Å². The van der Waals surface area contributed by atoms with Crippen LogP contribution in [0, 0.1) is 6.92 Å². The smallest absolute Gasteiger partial charge is 0.408 e. The van der Waals surface area contributed by atoms with Crippen LogP contribution in [0.2, 0.25) is 0 Å². The first-order valence-corrected chi connectivity index (χ1v) is 14.4. The van der Waals surface area contributed by atoms with Gasteiger partial charge in [0.1, 0.15) is 29.2 Å². The van der Waals surface area contributed by atoms with E-state index in [0.717, 1.165) is 5.56 Å². The Kier molecular flexibility index (Phi) is 11.2. The summed E-state index contributed by atoms with van der Waals surface area (Å²) in [5.74, 6) is -0.104. The van der Waals surface area contributed by atoms with Crippen molar-refractivity contribution in [1.29, 1.82) is 0 Å². The first kappa shape index (κ1) is 33.0. The first-order valence-electron chi connectivity index (χ1n) is 14.4. The number of amides is 3. The summed E-state index contributed by atoms with van der Waals surface area (Å²) in [4.78, 5) is 43.2. The molecule has 3 aromatic carbocycles. The van der Waals surface area contributed by atoms with E-state index < -0.39 is 35.6 Å². The summed E-state index contributed by atoms with van der Waals surface area (Å²) in [5, 5.41) is 15.5. The normalized spacial score (nSPS) is 13.3. The van der Waals surface area contributed by atoms with Crippen molar-refractivity contribution in [2.45, 2.75) is 78.1 Å². The lowest BCUT2D eigenvalue weighted by Crippen LogP contribution is -2.55. The van der Waals surface area contributed by atoms with E-state index in [1.54, 1.807) is 69.2 Å². The van der Waals surface area contributed by atoms with Gasteiger partial charge >= 0.3 is 6.09 Å². The number of aromatic hydroxyl groups is 1. The van der Waals surface area contributed by atoms with Crippen LogP contribution in [0.25, 0.3) is 0 Å². The highest BCUT2D eigenvalue weighted by atomic mass is 16.6. The van der Waals surface area contributed by atoms with Crippen LogP contribution >= 0.6 is 0 Å². The van der Waals surface area contributed by atoms with Crippen molar-refractivity contribution < 1.29 is 29.0 Å². The minimum Gasteiger partial charge on any atom is -0.508 e. The van der Waals surface area contributed by atoms with Crippen LogP contribution in [0.4, 0.5) is 10.5 Å². The molecule has 3 aromatic rings. The number of nitrogens with one attached hydrogen (secondary N) is 2. The number of carbonyl (C=O) groups is 3. The highest BCUT2D eigenvalue weighted by molar-refractivity contribution is 5.99. The number of methoxy groups -OCH3 is 1. The average molecular weight is 590 g/mol. The van der Waals surface area contributed by atoms with Crippen molar-refractivity contribution in [3.05, 3.63) is 89.5 Å². The van der Waals surface area contributed by atoms with Crippen LogP contribution in [-0.2, 0) is 20.7 Å². The van der Waals surface area contributed by atoms with Gasteiger partial charge in [0.2, 0.25) is 5.91 Å². The standard InChI is InChI=1S/C34H43N3O6/c1-8-23(3)37(32(40)29(36-33(41)43-34(4,5)6)21-24-12-16-27(38)17-13-24)30(25-11-9-10-22(2)20-25)31(39)35-26-14-18-28(42-7)19-15-26/h9-20,23,29-30,38H,8,21H2,1-7H3,(H,35,39)(H,36,41). The number of alkyl carbamates (subject to hydrolysis) is 1. The van der Waals surface area contributed by atoms with Crippen LogP contribution in [0.1, 0.15) is 63.8 Å². The number of phenolic OH excluding ortho intramolecular Hbond substituents is 1. The lowest BCUT2D eigenvalue weighted by molar-refractivity contribution is -0.143. The van der Waals surface area contributed by atoms with E-state index in [2.05, 4.69) is 10.6 Å². The molecule has 230 valence electrons. The quantitative estimate of drug-likeness (QED) is 0.247. The number of anilines is 1. The minimum atomic E-state index is -1.06. The van der Waals surface area contributed by atoms with Gasteiger partial charge in [-0.2, -0.15) is 0 Å². The first-order chi connectivity index (χ1) is 20.3. The molecule has 0 aliphatic carbocycles. The van der Waals surface area contributed by atoms with E-state index in [0.29, 0.717) is 29.0 Å². The Balaban J connectivity index is 2.07. The molecule has 3 amide bonds. The predicted octanol–water partition coefficient (Wildman–Crippen LogP) is 6.15. The van der Waals surface area contributed by atoms with Crippen LogP contribution in [0.3, 0.4) is 0 Å². The molecule has 3 N–H and O–H groups in total. The average Bonchev–Trinajstić information content (AvgIpc) is 2.95. The van der Waals surface area contributed by atoms with Crippen LogP contribution in [0.5, 0.6) is 11.5 Å². The van der Waals surface area contributed by atoms with Crippen molar-refractivity contribution in [2.24, 2.45) is 0 Å². The fraction of sp³-hybridized carbons (Fsp3) is 0.382. The highest BCUT2D eigenvalue weighted by Crippen LogP contribution is 2.29. The topological polar surface area (TPSA) is 117 Å². The third-order valence-corrected chi connectivity index (χ3v) is 6.93. The summed E-state index contributed by atoms with van der Waals surface area (Å²) in [7, 11) is 1.57. The van der Waals surface area contributed by atoms with Crippen LogP contribution < -0.4 is 15.4 Å². The van der Waals surface area contributed by atoms with Gasteiger partial charge in [0.15, 0.2) is 0 Å². The Bertz CT molecular complexity index is 1380. The van der Waals surface area contributed by atoms with Crippen molar-refractivity contribution in [2.75, 3.05) is 12.4 Å². The number of hydrogen-bond donors (Lipinski definition) is 3. The molecule has 0 radical (unpaired) electrons. The summed E-state index contributed by atoms with van der Waals surface area (Å²) < 4.78 is 10.7. The number of benzene rings is 3. The van der Waals surface area contributed by atoms with Gasteiger partial charge in [-0.25, -0.2) is 4.79 Å². The Morgan fingerprint density at radius 2 is 1.63 bits per heavy atom. The molecule has 9 heteroatoms. The second kappa shape index (κ2) is 14.6. The van der Waals surface area contributed by atoms with E-state index >= 15 is 0 Å². The summed E-state index contributed by atoms with van der Waals surface area (Å²) >= 11 is 0. The number of ether oxygens (including phenoxy) is 2. The van der Waals surface area contributed by atoms with Gasteiger partial charge < -0.3 is 30.1 Å². The Hall–Kier alpha value is -4.53. The molecule has 0 saturated heterocycles. The SMILES string of the molecule is CCC(C)N(C(=O)C(Cc1ccc(O)cc1)NC(=O)OC(C)(C)C)C(C(=O)Nc1ccc(OC)cc1)c1cccc(C)c1. The summed E-state index contributed by atoms with van der Waals surface area (Å²) in [6, 6.07) is 18.4. The van der Waals surface area contributed by atoms with Crippen molar-refractivity contribution in [3.63, 3.8) is 0 Å². The zero-order chi connectivity index (χ0) is 31.7. The molecular formula is C34H43N3O6. The van der Waals surface area contributed by atoms with Gasteiger partial charge in [-0.05, 0) is 88.6 Å². The minimum absolute atomic E-state index is 0.0858. The molecule has 3 atom stereocenters. The number of rotatable bonds is 11. The number of carbonyl (C=O) groups excluding carboxylic acids is 3. The second-order valence-electron chi connectivity index (χ2n) is 11.6. The van der Waals surface area contributed by atoms with E-state index in [9.17, 15) is 19.5 Å². The molecule has 0 aromatic heterocycles. The second-order valence-corrected chi connectivity index (χ2v) is 11.6. The van der Waals surface area contributed by atoms with Gasteiger partial charge in [0, 0.05) is 18.2 Å². The van der Waals surface area contributed by atoms with Gasteiger partial charge in [-0.3, -0.25) is 9.59 Å². The Morgan fingerprint density at radius 1 is 0.977 bits per heavy atom. The van der Waals surface area contributed by atoms with Crippen molar-refractivity contribution in [1.82, 2.24) is 10.2 Å². The number of phenols is 1. The van der Waals surface area contributed by atoms with E-state index in [4.69, 9.17) is 9.47 Å². The maximum atomic E-state index is 14.6. The lowest BCUT2D eigenvalue weighted by Gasteiger charge is -2.38. The molecule has 43 heavy (non-hydrogen) atoms.